The topological polar surface area (TPSA) is 106 Å². The Bertz CT molecular complexity index is 1220. The molecular formula is C25H18N2O6. The number of hydrogen-bond acceptors (Lipinski definition) is 6. The molecule has 0 aliphatic carbocycles. The Kier molecular flexibility index (Phi) is 6.26. The summed E-state index contributed by atoms with van der Waals surface area (Å²) in [5.41, 5.74) is 1.06. The Balaban J connectivity index is 1.45. The summed E-state index contributed by atoms with van der Waals surface area (Å²) in [4.78, 5) is 50.8. The number of carbonyl (C=O) groups is 4. The fourth-order valence-electron chi connectivity index (χ4n) is 3.13. The lowest BCUT2D eigenvalue weighted by molar-refractivity contribution is -0.142. The fraction of sp³-hybridized carbons (Fsp3) is 0.0400. The van der Waals surface area contributed by atoms with Gasteiger partial charge < -0.3 is 14.5 Å². The number of fused-ring (bicyclic) bond motifs is 1. The number of nitrogens with one attached hydrogen (secondary N) is 1. The minimum Gasteiger partial charge on any atom is -0.465 e. The highest BCUT2D eigenvalue weighted by Crippen LogP contribution is 2.22. The largest absolute Gasteiger partial charge is 0.465 e. The highest BCUT2D eigenvalue weighted by atomic mass is 16.5. The highest BCUT2D eigenvalue weighted by molar-refractivity contribution is 6.21. The van der Waals surface area contributed by atoms with E-state index in [1.165, 1.54) is 30.5 Å². The van der Waals surface area contributed by atoms with E-state index in [2.05, 4.69) is 5.32 Å². The number of ether oxygens (including phenoxy) is 1. The molecule has 0 fully saturated rings. The molecule has 2 heterocycles. The van der Waals surface area contributed by atoms with E-state index in [-0.39, 0.29) is 16.8 Å². The fourth-order valence-corrected chi connectivity index (χ4v) is 3.13. The van der Waals surface area contributed by atoms with E-state index in [1.807, 2.05) is 30.3 Å². The zero-order valence-electron chi connectivity index (χ0n) is 17.3. The van der Waals surface area contributed by atoms with Gasteiger partial charge in [0.25, 0.3) is 11.8 Å². The van der Waals surface area contributed by atoms with Crippen molar-refractivity contribution in [3.63, 3.8) is 0 Å². The first-order valence-electron chi connectivity index (χ1n) is 9.94. The first-order valence-corrected chi connectivity index (χ1v) is 9.94. The van der Waals surface area contributed by atoms with Crippen molar-refractivity contribution in [1.82, 2.24) is 10.2 Å². The van der Waals surface area contributed by atoms with Crippen molar-refractivity contribution in [2.45, 2.75) is 0 Å². The molecule has 1 aromatic heterocycles. The average molecular weight is 442 g/mol. The van der Waals surface area contributed by atoms with Crippen LogP contribution in [0.3, 0.4) is 0 Å². The van der Waals surface area contributed by atoms with Crippen molar-refractivity contribution in [2.75, 3.05) is 6.73 Å². The Morgan fingerprint density at radius 2 is 1.58 bits per heavy atom. The van der Waals surface area contributed by atoms with E-state index >= 15 is 0 Å². The Labute approximate surface area is 188 Å². The molecule has 3 aromatic rings. The van der Waals surface area contributed by atoms with Crippen LogP contribution >= 0.6 is 0 Å². The molecule has 8 nitrogen and oxygen atoms in total. The van der Waals surface area contributed by atoms with Crippen LogP contribution in [-0.4, -0.2) is 35.3 Å². The van der Waals surface area contributed by atoms with Gasteiger partial charge in [0, 0.05) is 12.2 Å². The number of amides is 3. The van der Waals surface area contributed by atoms with Crippen molar-refractivity contribution in [1.29, 1.82) is 0 Å². The van der Waals surface area contributed by atoms with Gasteiger partial charge >= 0.3 is 5.97 Å². The zero-order chi connectivity index (χ0) is 23.2. The van der Waals surface area contributed by atoms with Gasteiger partial charge in [-0.2, -0.15) is 0 Å². The first kappa shape index (κ1) is 21.5. The van der Waals surface area contributed by atoms with E-state index in [1.54, 1.807) is 30.3 Å². The molecule has 33 heavy (non-hydrogen) atoms. The van der Waals surface area contributed by atoms with Crippen molar-refractivity contribution in [3.05, 3.63) is 107 Å². The van der Waals surface area contributed by atoms with Crippen LogP contribution in [-0.2, 0) is 14.3 Å². The molecule has 0 unspecified atom stereocenters. The summed E-state index contributed by atoms with van der Waals surface area (Å²) in [5, 5.41) is 2.45. The molecular weight excluding hydrogens is 424 g/mol. The van der Waals surface area contributed by atoms with Crippen LogP contribution < -0.4 is 5.32 Å². The second kappa shape index (κ2) is 9.61. The van der Waals surface area contributed by atoms with E-state index in [9.17, 15) is 19.2 Å². The predicted octanol–water partition coefficient (Wildman–Crippen LogP) is 3.25. The maximum absolute atomic E-state index is 12.7. The second-order valence-corrected chi connectivity index (χ2v) is 6.95. The molecule has 2 aromatic carbocycles. The van der Waals surface area contributed by atoms with E-state index in [4.69, 9.17) is 9.15 Å². The van der Waals surface area contributed by atoms with Crippen LogP contribution in [0, 0.1) is 0 Å². The second-order valence-electron chi connectivity index (χ2n) is 6.95. The van der Waals surface area contributed by atoms with Crippen LogP contribution in [0.25, 0.3) is 12.2 Å². The van der Waals surface area contributed by atoms with Gasteiger partial charge in [0.1, 0.15) is 11.5 Å². The highest BCUT2D eigenvalue weighted by Gasteiger charge is 2.36. The third kappa shape index (κ3) is 4.96. The summed E-state index contributed by atoms with van der Waals surface area (Å²) in [6, 6.07) is 18.7. The quantitative estimate of drug-likeness (QED) is 0.342. The standard InChI is InChI=1S/C25H18N2O6/c28-22(13-12-17-7-2-1-3-8-17)26-21(15-18-9-6-14-32-18)25(31)33-16-27-23(29)19-10-4-5-11-20(19)24(27)30/h1-15H,16H2,(H,26,28). The van der Waals surface area contributed by atoms with Gasteiger partial charge in [0.15, 0.2) is 6.73 Å². The Hall–Kier alpha value is -4.72. The average Bonchev–Trinajstić information content (AvgIpc) is 3.43. The summed E-state index contributed by atoms with van der Waals surface area (Å²) in [5.74, 6) is -2.33. The Morgan fingerprint density at radius 3 is 2.21 bits per heavy atom. The van der Waals surface area contributed by atoms with Crippen LogP contribution in [0.5, 0.6) is 0 Å². The van der Waals surface area contributed by atoms with Crippen LogP contribution in [0.4, 0.5) is 0 Å². The molecule has 1 aliphatic rings. The third-order valence-electron chi connectivity index (χ3n) is 4.74. The van der Waals surface area contributed by atoms with Gasteiger partial charge in [-0.1, -0.05) is 42.5 Å². The molecule has 0 saturated carbocycles. The maximum atomic E-state index is 12.7. The van der Waals surface area contributed by atoms with E-state index in [0.717, 1.165) is 10.5 Å². The Morgan fingerprint density at radius 1 is 0.909 bits per heavy atom. The molecule has 8 heteroatoms. The summed E-state index contributed by atoms with van der Waals surface area (Å²) in [7, 11) is 0. The van der Waals surface area contributed by atoms with Crippen LogP contribution in [0.1, 0.15) is 32.0 Å². The smallest absolute Gasteiger partial charge is 0.356 e. The molecule has 164 valence electrons. The summed E-state index contributed by atoms with van der Waals surface area (Å²) < 4.78 is 10.4. The number of esters is 1. The van der Waals surface area contributed by atoms with Gasteiger partial charge in [-0.3, -0.25) is 14.4 Å². The van der Waals surface area contributed by atoms with Gasteiger partial charge in [-0.15, -0.1) is 0 Å². The van der Waals surface area contributed by atoms with E-state index in [0.29, 0.717) is 5.76 Å². The van der Waals surface area contributed by atoms with Crippen molar-refractivity contribution < 1.29 is 28.3 Å². The van der Waals surface area contributed by atoms with Crippen LogP contribution in [0.15, 0.2) is 89.2 Å². The van der Waals surface area contributed by atoms with Crippen molar-refractivity contribution in [3.8, 4) is 0 Å². The number of furan rings is 1. The van der Waals surface area contributed by atoms with Crippen molar-refractivity contribution >= 4 is 35.8 Å². The normalized spacial score (nSPS) is 13.3. The predicted molar refractivity (Wildman–Crippen MR) is 118 cm³/mol. The molecule has 1 aliphatic heterocycles. The minimum atomic E-state index is -0.940. The number of hydrogen-bond donors (Lipinski definition) is 1. The molecule has 1 N–H and O–H groups in total. The molecule has 0 atom stereocenters. The molecule has 0 saturated heterocycles. The summed E-state index contributed by atoms with van der Waals surface area (Å²) in [6.07, 6.45) is 5.55. The van der Waals surface area contributed by atoms with Gasteiger partial charge in [-0.25, -0.2) is 9.69 Å². The lowest BCUT2D eigenvalue weighted by Crippen LogP contribution is -2.35. The van der Waals surface area contributed by atoms with Gasteiger partial charge in [0.2, 0.25) is 5.91 Å². The van der Waals surface area contributed by atoms with Gasteiger partial charge in [0.05, 0.1) is 17.4 Å². The minimum absolute atomic E-state index is 0.218. The van der Waals surface area contributed by atoms with Gasteiger partial charge in [-0.05, 0) is 35.9 Å². The molecule has 0 radical (unpaired) electrons. The maximum Gasteiger partial charge on any atom is 0.356 e. The SMILES string of the molecule is O=C(C=Cc1ccccc1)NC(=Cc1ccco1)C(=O)OCN1C(=O)c2ccccc2C1=O. The monoisotopic (exact) mass is 442 g/mol. The zero-order valence-corrected chi connectivity index (χ0v) is 17.3. The lowest BCUT2D eigenvalue weighted by atomic mass is 10.1. The van der Waals surface area contributed by atoms with Crippen LogP contribution in [0.2, 0.25) is 0 Å². The molecule has 3 amide bonds. The molecule has 4 rings (SSSR count). The third-order valence-corrected chi connectivity index (χ3v) is 4.74. The molecule has 0 spiro atoms. The number of nitrogens with zero attached hydrogens (tertiary/aromatic N) is 1. The number of imide groups is 1. The molecule has 0 bridgehead atoms. The van der Waals surface area contributed by atoms with Crippen molar-refractivity contribution in [2.24, 2.45) is 0 Å². The number of rotatable bonds is 7. The lowest BCUT2D eigenvalue weighted by Gasteiger charge is -2.15. The number of benzene rings is 2. The van der Waals surface area contributed by atoms with E-state index < -0.39 is 30.4 Å². The summed E-state index contributed by atoms with van der Waals surface area (Å²) >= 11 is 0. The number of carbonyl (C=O) groups excluding carboxylic acids is 4. The summed E-state index contributed by atoms with van der Waals surface area (Å²) in [6.45, 7) is -0.601. The first-order chi connectivity index (χ1) is 16.0.